The Morgan fingerprint density at radius 3 is 2.67 bits per heavy atom. The zero-order chi connectivity index (χ0) is 17.3. The summed E-state index contributed by atoms with van der Waals surface area (Å²) in [5.41, 5.74) is 4.31. The molecule has 2 aromatic rings. The average Bonchev–Trinajstić information content (AvgIpc) is 2.91. The number of nitrogens with zero attached hydrogens (tertiary/aromatic N) is 2. The fraction of sp³-hybridized carbons (Fsp3) is 0.474. The van der Waals surface area contributed by atoms with Crippen molar-refractivity contribution in [1.82, 2.24) is 9.88 Å². The minimum atomic E-state index is -0.676. The Bertz CT molecular complexity index is 743. The van der Waals surface area contributed by atoms with Gasteiger partial charge in [-0.15, -0.1) is 0 Å². The van der Waals surface area contributed by atoms with Crippen molar-refractivity contribution in [3.63, 3.8) is 0 Å². The number of oxazole rings is 1. The summed E-state index contributed by atoms with van der Waals surface area (Å²) in [6.07, 6.45) is 1.41. The van der Waals surface area contributed by atoms with Gasteiger partial charge in [-0.25, -0.2) is 4.98 Å². The normalized spacial score (nSPS) is 16.5. The number of carboxylic acid groups (broad SMARTS) is 1. The molecule has 1 saturated heterocycles. The van der Waals surface area contributed by atoms with Crippen LogP contribution in [0.4, 0.5) is 0 Å². The molecule has 0 aliphatic carbocycles. The number of benzene rings is 1. The van der Waals surface area contributed by atoms with E-state index in [1.807, 2.05) is 6.92 Å². The first-order valence-corrected chi connectivity index (χ1v) is 8.43. The minimum Gasteiger partial charge on any atom is -0.481 e. The van der Waals surface area contributed by atoms with Crippen molar-refractivity contribution >= 4 is 5.97 Å². The molecule has 24 heavy (non-hydrogen) atoms. The van der Waals surface area contributed by atoms with Crippen LogP contribution in [0.15, 0.2) is 22.6 Å². The molecule has 5 nitrogen and oxygen atoms in total. The number of aryl methyl sites for hydroxylation is 3. The van der Waals surface area contributed by atoms with Crippen LogP contribution in [0.3, 0.4) is 0 Å². The monoisotopic (exact) mass is 328 g/mol. The summed E-state index contributed by atoms with van der Waals surface area (Å²) in [7, 11) is 0. The first-order chi connectivity index (χ1) is 11.4. The Morgan fingerprint density at radius 1 is 1.29 bits per heavy atom. The van der Waals surface area contributed by atoms with Gasteiger partial charge >= 0.3 is 5.97 Å². The predicted octanol–water partition coefficient (Wildman–Crippen LogP) is 3.56. The number of aliphatic carboxylic acids is 1. The molecule has 3 rings (SSSR count). The van der Waals surface area contributed by atoms with E-state index in [9.17, 15) is 4.79 Å². The first-order valence-electron chi connectivity index (χ1n) is 8.43. The molecule has 1 aromatic carbocycles. The van der Waals surface area contributed by atoms with Crippen molar-refractivity contribution in [2.45, 2.75) is 40.2 Å². The van der Waals surface area contributed by atoms with Gasteiger partial charge in [-0.3, -0.25) is 9.69 Å². The third-order valence-electron chi connectivity index (χ3n) is 4.83. The van der Waals surface area contributed by atoms with Gasteiger partial charge in [-0.1, -0.05) is 17.7 Å². The average molecular weight is 328 g/mol. The van der Waals surface area contributed by atoms with Crippen molar-refractivity contribution in [3.8, 4) is 11.5 Å². The van der Waals surface area contributed by atoms with Gasteiger partial charge in [0.1, 0.15) is 5.76 Å². The topological polar surface area (TPSA) is 66.6 Å². The Kier molecular flexibility index (Phi) is 4.71. The molecule has 1 aromatic heterocycles. The van der Waals surface area contributed by atoms with Crippen LogP contribution in [0.2, 0.25) is 0 Å². The molecule has 0 atom stereocenters. The van der Waals surface area contributed by atoms with E-state index in [1.54, 1.807) is 0 Å². The van der Waals surface area contributed by atoms with E-state index in [4.69, 9.17) is 14.5 Å². The molecule has 1 fully saturated rings. The molecule has 1 aliphatic heterocycles. The number of carbonyl (C=O) groups is 1. The first kappa shape index (κ1) is 16.7. The van der Waals surface area contributed by atoms with Crippen LogP contribution in [0.1, 0.15) is 35.4 Å². The molecule has 0 unspecified atom stereocenters. The highest BCUT2D eigenvalue weighted by Gasteiger charge is 2.25. The molecule has 0 radical (unpaired) electrons. The summed E-state index contributed by atoms with van der Waals surface area (Å²) in [6, 6.07) is 6.27. The maximum atomic E-state index is 11.0. The van der Waals surface area contributed by atoms with Gasteiger partial charge < -0.3 is 9.52 Å². The van der Waals surface area contributed by atoms with E-state index >= 15 is 0 Å². The van der Waals surface area contributed by atoms with E-state index in [0.29, 0.717) is 25.3 Å². The quantitative estimate of drug-likeness (QED) is 0.929. The maximum absolute atomic E-state index is 11.0. The largest absolute Gasteiger partial charge is 0.481 e. The summed E-state index contributed by atoms with van der Waals surface area (Å²) in [5, 5.41) is 9.09. The summed E-state index contributed by atoms with van der Waals surface area (Å²) < 4.78 is 5.91. The molecular formula is C19H24N2O3. The van der Waals surface area contributed by atoms with Gasteiger partial charge in [-0.2, -0.15) is 0 Å². The van der Waals surface area contributed by atoms with Crippen LogP contribution in [-0.2, 0) is 11.3 Å². The molecule has 1 aliphatic rings. The zero-order valence-electron chi connectivity index (χ0n) is 14.5. The molecule has 0 bridgehead atoms. The van der Waals surface area contributed by atoms with Gasteiger partial charge in [0.15, 0.2) is 0 Å². The fourth-order valence-corrected chi connectivity index (χ4v) is 3.21. The van der Waals surface area contributed by atoms with Gasteiger partial charge in [0.05, 0.1) is 11.6 Å². The van der Waals surface area contributed by atoms with E-state index < -0.39 is 5.97 Å². The summed E-state index contributed by atoms with van der Waals surface area (Å²) in [6.45, 7) is 8.37. The number of hydrogen-bond donors (Lipinski definition) is 1. The second kappa shape index (κ2) is 6.77. The van der Waals surface area contributed by atoms with Crippen molar-refractivity contribution in [2.75, 3.05) is 13.1 Å². The molecule has 128 valence electrons. The summed E-state index contributed by atoms with van der Waals surface area (Å²) in [5.74, 6) is 0.630. The van der Waals surface area contributed by atoms with Crippen molar-refractivity contribution < 1.29 is 14.3 Å². The second-order valence-corrected chi connectivity index (χ2v) is 6.73. The van der Waals surface area contributed by atoms with Crippen molar-refractivity contribution in [3.05, 3.63) is 40.8 Å². The second-order valence-electron chi connectivity index (χ2n) is 6.73. The lowest BCUT2D eigenvalue weighted by Gasteiger charge is -2.29. The molecule has 0 amide bonds. The van der Waals surface area contributed by atoms with Crippen LogP contribution >= 0.6 is 0 Å². The molecule has 1 N–H and O–H groups in total. The molecule has 2 heterocycles. The minimum absolute atomic E-state index is 0.204. The lowest BCUT2D eigenvalue weighted by molar-refractivity contribution is -0.143. The maximum Gasteiger partial charge on any atom is 0.306 e. The molecular weight excluding hydrogens is 304 g/mol. The van der Waals surface area contributed by atoms with Gasteiger partial charge in [0, 0.05) is 12.1 Å². The number of likely N-dealkylation sites (tertiary alicyclic amines) is 1. The lowest BCUT2D eigenvalue weighted by Crippen LogP contribution is -2.36. The number of hydrogen-bond acceptors (Lipinski definition) is 4. The Hall–Kier alpha value is -2.14. The van der Waals surface area contributed by atoms with Gasteiger partial charge in [-0.05, 0) is 58.3 Å². The third kappa shape index (κ3) is 3.51. The van der Waals surface area contributed by atoms with E-state index in [0.717, 1.165) is 35.7 Å². The standard InChI is InChI=1S/C19H24N2O3/c1-12-4-5-13(2)16(10-12)18-20-17(14(3)24-18)11-21-8-6-15(7-9-21)19(22)23/h4-5,10,15H,6-9,11H2,1-3H3,(H,22,23). The van der Waals surface area contributed by atoms with Crippen molar-refractivity contribution in [2.24, 2.45) is 5.92 Å². The van der Waals surface area contributed by atoms with Gasteiger partial charge in [0.2, 0.25) is 5.89 Å². The highest BCUT2D eigenvalue weighted by molar-refractivity contribution is 5.70. The van der Waals surface area contributed by atoms with E-state index in [2.05, 4.69) is 36.9 Å². The third-order valence-corrected chi connectivity index (χ3v) is 4.83. The Balaban J connectivity index is 1.73. The SMILES string of the molecule is Cc1ccc(C)c(-c2nc(CN3CCC(C(=O)O)CC3)c(C)o2)c1. The molecule has 0 spiro atoms. The highest BCUT2D eigenvalue weighted by atomic mass is 16.4. The summed E-state index contributed by atoms with van der Waals surface area (Å²) >= 11 is 0. The number of aromatic nitrogens is 1. The van der Waals surface area contributed by atoms with Crippen LogP contribution in [0.5, 0.6) is 0 Å². The zero-order valence-corrected chi connectivity index (χ0v) is 14.5. The van der Waals surface area contributed by atoms with E-state index in [-0.39, 0.29) is 5.92 Å². The van der Waals surface area contributed by atoms with Crippen LogP contribution in [0, 0.1) is 26.7 Å². The highest BCUT2D eigenvalue weighted by Crippen LogP contribution is 2.27. The number of rotatable bonds is 4. The van der Waals surface area contributed by atoms with E-state index in [1.165, 1.54) is 5.56 Å². The number of piperidine rings is 1. The van der Waals surface area contributed by atoms with Crippen LogP contribution in [0.25, 0.3) is 11.5 Å². The van der Waals surface area contributed by atoms with Crippen molar-refractivity contribution in [1.29, 1.82) is 0 Å². The Labute approximate surface area is 142 Å². The molecule has 0 saturated carbocycles. The van der Waals surface area contributed by atoms with Gasteiger partial charge in [0.25, 0.3) is 0 Å². The lowest BCUT2D eigenvalue weighted by atomic mass is 9.97. The smallest absolute Gasteiger partial charge is 0.306 e. The summed E-state index contributed by atoms with van der Waals surface area (Å²) in [4.78, 5) is 18.0. The fourth-order valence-electron chi connectivity index (χ4n) is 3.21. The molecule has 5 heteroatoms. The predicted molar refractivity (Wildman–Crippen MR) is 91.8 cm³/mol. The van der Waals surface area contributed by atoms with Crippen LogP contribution < -0.4 is 0 Å². The van der Waals surface area contributed by atoms with Crippen LogP contribution in [-0.4, -0.2) is 34.0 Å². The number of carboxylic acids is 1. The Morgan fingerprint density at radius 2 is 2.00 bits per heavy atom.